The van der Waals surface area contributed by atoms with Gasteiger partial charge in [0.1, 0.15) is 0 Å². The van der Waals surface area contributed by atoms with Crippen LogP contribution in [0.15, 0.2) is 12.2 Å². The van der Waals surface area contributed by atoms with Crippen molar-refractivity contribution in [3.63, 3.8) is 0 Å². The molecular weight excluding hydrogens is 204 g/mol. The van der Waals surface area contributed by atoms with Crippen LogP contribution in [0.1, 0.15) is 6.42 Å². The van der Waals surface area contributed by atoms with Gasteiger partial charge in [0, 0.05) is 5.57 Å². The molecule has 8 heteroatoms. The molecule has 0 aromatic rings. The molecule has 0 atom stereocenters. The molecule has 0 unspecified atom stereocenters. The number of nitrogens with zero attached hydrogens (tertiary/aromatic N) is 2. The van der Waals surface area contributed by atoms with Crippen LogP contribution >= 0.6 is 0 Å². The Morgan fingerprint density at radius 2 is 2.20 bits per heavy atom. The Balaban J connectivity index is 4.27. The molecule has 0 bridgehead atoms. The van der Waals surface area contributed by atoms with Gasteiger partial charge in [-0.15, -0.1) is 0 Å². The van der Waals surface area contributed by atoms with E-state index in [1.54, 1.807) is 0 Å². The lowest BCUT2D eigenvalue weighted by Gasteiger charge is -2.11. The predicted octanol–water partition coefficient (Wildman–Crippen LogP) is -0.848. The van der Waals surface area contributed by atoms with E-state index in [2.05, 4.69) is 11.4 Å². The van der Waals surface area contributed by atoms with Gasteiger partial charge in [0.2, 0.25) is 12.2 Å². The van der Waals surface area contributed by atoms with Gasteiger partial charge >= 0.3 is 11.9 Å². The molecule has 15 heavy (non-hydrogen) atoms. The van der Waals surface area contributed by atoms with Gasteiger partial charge in [-0.25, -0.2) is 9.59 Å². The molecule has 0 amide bonds. The van der Waals surface area contributed by atoms with Crippen molar-refractivity contribution in [1.82, 2.24) is 5.06 Å². The van der Waals surface area contributed by atoms with E-state index < -0.39 is 24.3 Å². The van der Waals surface area contributed by atoms with Crippen LogP contribution in [0.5, 0.6) is 0 Å². The second-order valence-electron chi connectivity index (χ2n) is 2.33. The van der Waals surface area contributed by atoms with Crippen LogP contribution in [-0.4, -0.2) is 28.1 Å². The topological polar surface area (TPSA) is 140 Å². The van der Waals surface area contributed by atoms with Crippen LogP contribution in [-0.2, 0) is 14.4 Å². The van der Waals surface area contributed by atoms with Gasteiger partial charge in [0.15, 0.2) is 0 Å². The van der Waals surface area contributed by atoms with Gasteiger partial charge in [0.05, 0.1) is 6.42 Å². The summed E-state index contributed by atoms with van der Waals surface area (Å²) in [6.07, 6.45) is 0.702. The van der Waals surface area contributed by atoms with Crippen molar-refractivity contribution >= 4 is 17.9 Å². The number of hydrogen-bond donors (Lipinski definition) is 3. The van der Waals surface area contributed by atoms with Crippen LogP contribution < -0.4 is 5.73 Å². The van der Waals surface area contributed by atoms with Crippen LogP contribution in [0.25, 0.3) is 0 Å². The van der Waals surface area contributed by atoms with E-state index in [1.807, 2.05) is 0 Å². The number of guanidine groups is 1. The van der Waals surface area contributed by atoms with Crippen LogP contribution in [0, 0.1) is 16.9 Å². The lowest BCUT2D eigenvalue weighted by molar-refractivity contribution is -0.164. The molecule has 80 valence electrons. The average molecular weight is 212 g/mol. The Kier molecular flexibility index (Phi) is 4.34. The molecule has 0 aliphatic rings. The number of carboxylic acid groups (broad SMARTS) is 1. The largest absolute Gasteiger partial charge is 0.478 e. The van der Waals surface area contributed by atoms with Gasteiger partial charge in [-0.2, -0.15) is 5.26 Å². The number of hydroxylamine groups is 2. The first-order valence-corrected chi connectivity index (χ1v) is 3.54. The highest BCUT2D eigenvalue weighted by Crippen LogP contribution is 2.01. The Labute approximate surface area is 84.6 Å². The molecule has 0 aromatic carbocycles. The number of nitriles is 1. The third-order valence-electron chi connectivity index (χ3n) is 1.16. The summed E-state index contributed by atoms with van der Waals surface area (Å²) in [5, 5.41) is 23.6. The van der Waals surface area contributed by atoms with Gasteiger partial charge < -0.3 is 15.7 Å². The minimum atomic E-state index is -1.35. The molecular formula is C7H8N4O4. The highest BCUT2D eigenvalue weighted by molar-refractivity contribution is 5.92. The Hall–Kier alpha value is -2.56. The monoisotopic (exact) mass is 212 g/mol. The average Bonchev–Trinajstić information content (AvgIpc) is 2.13. The van der Waals surface area contributed by atoms with Crippen molar-refractivity contribution < 1.29 is 19.5 Å². The molecule has 0 saturated carbocycles. The fraction of sp³-hybridized carbons (Fsp3) is 0.143. The number of aliphatic carboxylic acids is 1. The molecule has 0 aromatic heterocycles. The van der Waals surface area contributed by atoms with E-state index in [9.17, 15) is 9.59 Å². The maximum atomic E-state index is 10.9. The highest BCUT2D eigenvalue weighted by Gasteiger charge is 2.16. The van der Waals surface area contributed by atoms with Crippen molar-refractivity contribution in [2.45, 2.75) is 6.42 Å². The minimum absolute atomic E-state index is 0.150. The Morgan fingerprint density at radius 1 is 1.67 bits per heavy atom. The van der Waals surface area contributed by atoms with E-state index in [1.165, 1.54) is 6.19 Å². The zero-order valence-electron chi connectivity index (χ0n) is 7.56. The minimum Gasteiger partial charge on any atom is -0.478 e. The quantitative estimate of drug-likeness (QED) is 0.138. The predicted molar refractivity (Wildman–Crippen MR) is 46.9 cm³/mol. The second kappa shape index (κ2) is 5.23. The van der Waals surface area contributed by atoms with Gasteiger partial charge in [-0.05, 0) is 0 Å². The second-order valence-corrected chi connectivity index (χ2v) is 2.33. The highest BCUT2D eigenvalue weighted by atomic mass is 16.7. The first-order chi connectivity index (χ1) is 6.88. The van der Waals surface area contributed by atoms with E-state index >= 15 is 0 Å². The van der Waals surface area contributed by atoms with Crippen molar-refractivity contribution in [3.05, 3.63) is 12.2 Å². The number of rotatable bonds is 3. The number of carbonyl (C=O) groups is 2. The first kappa shape index (κ1) is 12.4. The number of carbonyl (C=O) groups excluding carboxylic acids is 1. The summed E-state index contributed by atoms with van der Waals surface area (Å²) < 4.78 is 0. The Bertz CT molecular complexity index is 356. The van der Waals surface area contributed by atoms with E-state index in [0.29, 0.717) is 0 Å². The van der Waals surface area contributed by atoms with Crippen molar-refractivity contribution in [3.8, 4) is 6.19 Å². The van der Waals surface area contributed by atoms with Crippen molar-refractivity contribution in [1.29, 1.82) is 10.7 Å². The number of nitrogens with two attached hydrogens (primary N) is 1. The maximum Gasteiger partial charge on any atom is 0.338 e. The summed E-state index contributed by atoms with van der Waals surface area (Å²) >= 11 is 0. The van der Waals surface area contributed by atoms with E-state index in [0.717, 1.165) is 0 Å². The summed E-state index contributed by atoms with van der Waals surface area (Å²) in [5.74, 6) is -3.18. The normalized spacial score (nSPS) is 8.47. The summed E-state index contributed by atoms with van der Waals surface area (Å²) in [6.45, 7) is 3.09. The van der Waals surface area contributed by atoms with Crippen molar-refractivity contribution in [2.75, 3.05) is 0 Å². The van der Waals surface area contributed by atoms with E-state index in [-0.39, 0.29) is 10.6 Å². The molecule has 0 saturated heterocycles. The van der Waals surface area contributed by atoms with Crippen LogP contribution in [0.4, 0.5) is 0 Å². The molecule has 4 N–H and O–H groups in total. The maximum absolute atomic E-state index is 10.9. The van der Waals surface area contributed by atoms with Gasteiger partial charge in [-0.3, -0.25) is 5.41 Å². The van der Waals surface area contributed by atoms with Crippen molar-refractivity contribution in [2.24, 2.45) is 5.73 Å². The standard InChI is InChI=1S/C7H8N4O4/c1-4(6(13)14)2-5(12)15-11(3-8)7(9)10/h1-2H2,(H3,9,10)(H,13,14). The Morgan fingerprint density at radius 3 is 2.53 bits per heavy atom. The summed E-state index contributed by atoms with van der Waals surface area (Å²) in [7, 11) is 0. The fourth-order valence-electron chi connectivity index (χ4n) is 0.507. The molecule has 0 rings (SSSR count). The van der Waals surface area contributed by atoms with Gasteiger partial charge in [0.25, 0.3) is 0 Å². The first-order valence-electron chi connectivity index (χ1n) is 3.54. The lowest BCUT2D eigenvalue weighted by Crippen LogP contribution is -2.34. The smallest absolute Gasteiger partial charge is 0.338 e. The summed E-state index contributed by atoms with van der Waals surface area (Å²) in [6, 6.07) is 0. The molecule has 0 aliphatic heterocycles. The SMILES string of the molecule is C=C(CC(=O)ON(C#N)C(=N)N)C(=O)O. The zero-order chi connectivity index (χ0) is 12.0. The number of hydrogen-bond acceptors (Lipinski definition) is 5. The molecule has 0 spiro atoms. The number of nitrogens with one attached hydrogen (secondary N) is 1. The van der Waals surface area contributed by atoms with Crippen LogP contribution in [0.2, 0.25) is 0 Å². The molecule has 0 radical (unpaired) electrons. The number of carboxylic acids is 1. The lowest BCUT2D eigenvalue weighted by atomic mass is 10.2. The molecule has 0 heterocycles. The third-order valence-corrected chi connectivity index (χ3v) is 1.16. The van der Waals surface area contributed by atoms with E-state index in [4.69, 9.17) is 21.5 Å². The summed E-state index contributed by atoms with van der Waals surface area (Å²) in [4.78, 5) is 25.5. The molecule has 8 nitrogen and oxygen atoms in total. The fourth-order valence-corrected chi connectivity index (χ4v) is 0.507. The zero-order valence-corrected chi connectivity index (χ0v) is 7.56. The molecule has 0 fully saturated rings. The molecule has 0 aliphatic carbocycles. The van der Waals surface area contributed by atoms with Crippen LogP contribution in [0.3, 0.4) is 0 Å². The summed E-state index contributed by atoms with van der Waals surface area (Å²) in [5.41, 5.74) is 4.47. The third kappa shape index (κ3) is 4.28. The van der Waals surface area contributed by atoms with Gasteiger partial charge in [-0.1, -0.05) is 11.6 Å².